The van der Waals surface area contributed by atoms with Crippen LogP contribution in [0.25, 0.3) is 11.0 Å². The zero-order valence-corrected chi connectivity index (χ0v) is 30.0. The highest BCUT2D eigenvalue weighted by Gasteiger charge is 2.41. The molecule has 1 atom stereocenters. The molecule has 3 aromatic carbocycles. The predicted octanol–water partition coefficient (Wildman–Crippen LogP) is 5.90. The van der Waals surface area contributed by atoms with E-state index in [0.717, 1.165) is 55.7 Å². The fraction of sp³-hybridized carbons (Fsp3) is 0.278. The Kier molecular flexibility index (Phi) is 10.6. The predicted molar refractivity (Wildman–Crippen MR) is 198 cm³/mol. The number of nitrogen functional groups attached to an aromatic ring is 1. The molecule has 1 fully saturated rings. The average Bonchev–Trinajstić information content (AvgIpc) is 3.38. The monoisotopic (exact) mass is 788 g/mol. The van der Waals surface area contributed by atoms with Crippen molar-refractivity contribution in [2.24, 2.45) is 5.73 Å². The number of halogens is 2. The number of para-hydroxylation sites is 3. The van der Waals surface area contributed by atoms with Gasteiger partial charge in [-0.05, 0) is 117 Å². The number of hydrogen-bond acceptors (Lipinski definition) is 7. The molecule has 11 nitrogen and oxygen atoms in total. The second-order valence-electron chi connectivity index (χ2n) is 12.3. The number of nitrogens with zero attached hydrogens (tertiary/aromatic N) is 4. The molecular weight excluding hydrogens is 752 g/mol. The number of pyridine rings is 1. The number of anilines is 2. The summed E-state index contributed by atoms with van der Waals surface area (Å²) in [6, 6.07) is 23.4. The third-order valence-electron chi connectivity index (χ3n) is 9.01. The largest absolute Gasteiger partial charge is 0.480 e. The van der Waals surface area contributed by atoms with Gasteiger partial charge in [-0.2, -0.15) is 0 Å². The first kappa shape index (κ1) is 34.6. The van der Waals surface area contributed by atoms with Crippen molar-refractivity contribution in [1.82, 2.24) is 24.8 Å². The number of carboxylic acid groups (broad SMARTS) is 1. The molecule has 0 aliphatic carbocycles. The highest BCUT2D eigenvalue weighted by Crippen LogP contribution is 2.34. The molecule has 0 bridgehead atoms. The fourth-order valence-corrected chi connectivity index (χ4v) is 7.70. The first-order valence-electron chi connectivity index (χ1n) is 16.1. The second-order valence-corrected chi connectivity index (χ2v) is 14.0. The van der Waals surface area contributed by atoms with E-state index in [4.69, 9.17) is 11.5 Å². The van der Waals surface area contributed by atoms with Gasteiger partial charge < -0.3 is 36.7 Å². The van der Waals surface area contributed by atoms with Crippen LogP contribution < -0.4 is 22.1 Å². The number of amides is 2. The lowest BCUT2D eigenvalue weighted by molar-refractivity contribution is -0.144. The van der Waals surface area contributed by atoms with Crippen molar-refractivity contribution in [2.75, 3.05) is 30.7 Å². The lowest BCUT2D eigenvalue weighted by Crippen LogP contribution is -2.49. The zero-order valence-electron chi connectivity index (χ0n) is 26.8. The van der Waals surface area contributed by atoms with Crippen LogP contribution in [0, 0.1) is 0 Å². The lowest BCUT2D eigenvalue weighted by atomic mass is 9.90. The van der Waals surface area contributed by atoms with Crippen molar-refractivity contribution < 1.29 is 14.7 Å². The number of aliphatic carboxylic acids is 1. The first-order chi connectivity index (χ1) is 23.6. The molecule has 2 amide bonds. The summed E-state index contributed by atoms with van der Waals surface area (Å²) < 4.78 is 3.17. The molecule has 0 saturated carbocycles. The molecule has 2 aliphatic rings. The molecule has 13 heteroatoms. The average molecular weight is 791 g/mol. The number of benzene rings is 3. The van der Waals surface area contributed by atoms with Gasteiger partial charge >= 0.3 is 12.0 Å². The molecule has 5 aromatic rings. The third kappa shape index (κ3) is 7.64. The van der Waals surface area contributed by atoms with Crippen LogP contribution in [0.1, 0.15) is 35.4 Å². The van der Waals surface area contributed by atoms with Crippen molar-refractivity contribution in [2.45, 2.75) is 43.8 Å². The molecular formula is C36H38Br2N8O3. The van der Waals surface area contributed by atoms with Gasteiger partial charge in [0.05, 0.1) is 23.3 Å². The van der Waals surface area contributed by atoms with Gasteiger partial charge in [0.15, 0.2) is 5.54 Å². The summed E-state index contributed by atoms with van der Waals surface area (Å²) in [5, 5.41) is 16.6. The van der Waals surface area contributed by atoms with Crippen LogP contribution in [0.3, 0.4) is 0 Å². The maximum Gasteiger partial charge on any atom is 0.331 e. The van der Waals surface area contributed by atoms with Crippen molar-refractivity contribution in [3.05, 3.63) is 117 Å². The van der Waals surface area contributed by atoms with Crippen molar-refractivity contribution in [3.8, 4) is 0 Å². The number of carbonyl (C=O) groups excluding carboxylic acids is 1. The molecule has 254 valence electrons. The third-order valence-corrected chi connectivity index (χ3v) is 10.3. The van der Waals surface area contributed by atoms with E-state index in [-0.39, 0.29) is 18.3 Å². The Balaban J connectivity index is 0.000000195. The van der Waals surface area contributed by atoms with Crippen LogP contribution in [-0.4, -0.2) is 62.2 Å². The Morgan fingerprint density at radius 3 is 2.43 bits per heavy atom. The number of carboxylic acids is 1. The summed E-state index contributed by atoms with van der Waals surface area (Å²) >= 11 is 6.83. The number of aromatic nitrogens is 3. The highest BCUT2D eigenvalue weighted by molar-refractivity contribution is 9.11. The van der Waals surface area contributed by atoms with E-state index in [1.807, 2.05) is 64.1 Å². The number of hydrogen-bond donors (Lipinski definition) is 5. The maximum atomic E-state index is 12.5. The summed E-state index contributed by atoms with van der Waals surface area (Å²) in [4.78, 5) is 35.6. The van der Waals surface area contributed by atoms with E-state index >= 15 is 0 Å². The summed E-state index contributed by atoms with van der Waals surface area (Å²) in [5.74, 6) is -0.895. The molecule has 7 rings (SSSR count). The quantitative estimate of drug-likeness (QED) is 0.127. The van der Waals surface area contributed by atoms with Crippen LogP contribution in [0.2, 0.25) is 0 Å². The maximum absolute atomic E-state index is 12.5. The molecule has 0 spiro atoms. The minimum absolute atomic E-state index is 0.0240. The van der Waals surface area contributed by atoms with Crippen LogP contribution in [0.5, 0.6) is 0 Å². The highest BCUT2D eigenvalue weighted by atomic mass is 79.9. The van der Waals surface area contributed by atoms with E-state index in [0.29, 0.717) is 38.3 Å². The smallest absolute Gasteiger partial charge is 0.331 e. The van der Waals surface area contributed by atoms with E-state index < -0.39 is 11.5 Å². The zero-order chi connectivity index (χ0) is 34.5. The standard InChI is InChI=1S/C22H19Br2N5O2.C14H19N3O/c23-15-8-14(9-16(24)19(15)25)10-22(26,21(30)31)20-28-17-5-1-2-6-18(17)29(20)12-13-4-3-7-27-11-13;18-14-16-13-4-2-1-3-11(13)7-10-17(14)12-5-8-15-9-6-12/h1-9,11H,10,12,25-26H2,(H,30,31);1-4,12,15H,5-10H2,(H,16,18)/t22-;/m1./s1. The fourth-order valence-electron chi connectivity index (χ4n) is 6.42. The molecule has 49 heavy (non-hydrogen) atoms. The van der Waals surface area contributed by atoms with Crippen molar-refractivity contribution in [3.63, 3.8) is 0 Å². The van der Waals surface area contributed by atoms with E-state index in [2.05, 4.69) is 58.5 Å². The number of nitrogens with two attached hydrogens (primary N) is 2. The first-order valence-corrected chi connectivity index (χ1v) is 17.7. The normalized spacial score (nSPS) is 16.1. The Morgan fingerprint density at radius 2 is 1.71 bits per heavy atom. The van der Waals surface area contributed by atoms with Gasteiger partial charge in [-0.15, -0.1) is 0 Å². The molecule has 1 saturated heterocycles. The molecule has 4 heterocycles. The summed E-state index contributed by atoms with van der Waals surface area (Å²) in [6.07, 6.45) is 6.52. The lowest BCUT2D eigenvalue weighted by Gasteiger charge is -2.33. The van der Waals surface area contributed by atoms with Gasteiger partial charge in [-0.3, -0.25) is 4.98 Å². The summed E-state index contributed by atoms with van der Waals surface area (Å²) in [6.45, 7) is 3.25. The molecule has 2 aliphatic heterocycles. The number of urea groups is 1. The number of carbonyl (C=O) groups is 2. The van der Waals surface area contributed by atoms with Gasteiger partial charge in [0, 0.05) is 46.0 Å². The Hall–Kier alpha value is -4.30. The molecule has 2 aromatic heterocycles. The second kappa shape index (κ2) is 15.1. The van der Waals surface area contributed by atoms with Crippen LogP contribution in [-0.2, 0) is 29.7 Å². The van der Waals surface area contributed by atoms with Crippen molar-refractivity contribution >= 4 is 66.3 Å². The van der Waals surface area contributed by atoms with E-state index in [1.54, 1.807) is 24.5 Å². The number of rotatable bonds is 7. The number of nitrogens with one attached hydrogen (secondary N) is 2. The molecule has 0 unspecified atom stereocenters. The topological polar surface area (TPSA) is 164 Å². The Bertz CT molecular complexity index is 1940. The minimum Gasteiger partial charge on any atom is -0.480 e. The Morgan fingerprint density at radius 1 is 1.00 bits per heavy atom. The number of piperidine rings is 1. The summed E-state index contributed by atoms with van der Waals surface area (Å²) in [5.41, 5.74) is 16.6. The van der Waals surface area contributed by atoms with Crippen LogP contribution in [0.4, 0.5) is 16.2 Å². The van der Waals surface area contributed by atoms with Gasteiger partial charge in [-0.1, -0.05) is 36.4 Å². The summed E-state index contributed by atoms with van der Waals surface area (Å²) in [7, 11) is 0. The Labute approximate surface area is 301 Å². The molecule has 0 radical (unpaired) electrons. The van der Waals surface area contributed by atoms with E-state index in [1.165, 1.54) is 5.56 Å². The van der Waals surface area contributed by atoms with E-state index in [9.17, 15) is 14.7 Å². The number of imidazole rings is 1. The van der Waals surface area contributed by atoms with Gasteiger partial charge in [0.25, 0.3) is 0 Å². The molecule has 7 N–H and O–H groups in total. The van der Waals surface area contributed by atoms with Gasteiger partial charge in [-0.25, -0.2) is 14.6 Å². The van der Waals surface area contributed by atoms with Gasteiger partial charge in [0.2, 0.25) is 0 Å². The number of fused-ring (bicyclic) bond motifs is 2. The van der Waals surface area contributed by atoms with Crippen molar-refractivity contribution in [1.29, 1.82) is 0 Å². The van der Waals surface area contributed by atoms with Gasteiger partial charge in [0.1, 0.15) is 5.82 Å². The SMILES string of the molecule is Nc1c(Br)cc(C[C@](N)(C(=O)O)c2nc3ccccc3n2Cc2cccnc2)cc1Br.O=C1Nc2ccccc2CCN1C1CCNCC1. The van der Waals surface area contributed by atoms with Crippen LogP contribution in [0.15, 0.2) is 94.1 Å². The minimum atomic E-state index is -1.77. The van der Waals surface area contributed by atoms with Crippen LogP contribution >= 0.6 is 31.9 Å².